The van der Waals surface area contributed by atoms with Crippen molar-refractivity contribution < 1.29 is 18.7 Å². The lowest BCUT2D eigenvalue weighted by Gasteiger charge is -2.15. The number of carbonyl (C=O) groups excluding carboxylic acids is 2. The summed E-state index contributed by atoms with van der Waals surface area (Å²) in [7, 11) is 0. The molecule has 1 aromatic heterocycles. The number of rotatable bonds is 6. The molecule has 0 saturated carbocycles. The number of carbonyl (C=O) groups is 2. The zero-order chi connectivity index (χ0) is 19.9. The minimum atomic E-state index is -0.755. The smallest absolute Gasteiger partial charge is 0.291 e. The minimum Gasteiger partial charge on any atom is -0.481 e. The van der Waals surface area contributed by atoms with Crippen molar-refractivity contribution in [3.05, 3.63) is 78.3 Å². The standard InChI is InChI=1S/C21H17N3O4/c1-14(28-18-9-7-15(13-22)8-10-18)20(25)23-16-4-2-5-17(12-16)24-21(26)19-6-3-11-27-19/h2-12,14H,1H3,(H,23,25)(H,24,26)/t14-/m0/s1. The fraction of sp³-hybridized carbons (Fsp3) is 0.0952. The summed E-state index contributed by atoms with van der Waals surface area (Å²) in [5, 5.41) is 14.2. The Morgan fingerprint density at radius 3 is 2.39 bits per heavy atom. The number of anilines is 2. The van der Waals surface area contributed by atoms with Crippen LogP contribution >= 0.6 is 0 Å². The maximum absolute atomic E-state index is 12.4. The van der Waals surface area contributed by atoms with Crippen LogP contribution in [0.3, 0.4) is 0 Å². The highest BCUT2D eigenvalue weighted by Crippen LogP contribution is 2.18. The molecule has 0 fully saturated rings. The fourth-order valence-electron chi connectivity index (χ4n) is 2.38. The van der Waals surface area contributed by atoms with Gasteiger partial charge in [0.25, 0.3) is 11.8 Å². The third kappa shape index (κ3) is 4.77. The molecule has 0 spiro atoms. The third-order valence-corrected chi connectivity index (χ3v) is 3.80. The molecule has 3 rings (SSSR count). The Kier molecular flexibility index (Phi) is 5.72. The monoisotopic (exact) mass is 375 g/mol. The first-order valence-corrected chi connectivity index (χ1v) is 8.48. The van der Waals surface area contributed by atoms with Gasteiger partial charge in [-0.1, -0.05) is 6.07 Å². The molecule has 0 saturated heterocycles. The van der Waals surface area contributed by atoms with E-state index in [4.69, 9.17) is 14.4 Å². The van der Waals surface area contributed by atoms with Gasteiger partial charge in [-0.25, -0.2) is 0 Å². The van der Waals surface area contributed by atoms with E-state index in [9.17, 15) is 9.59 Å². The zero-order valence-electron chi connectivity index (χ0n) is 15.0. The SMILES string of the molecule is C[C@H](Oc1ccc(C#N)cc1)C(=O)Nc1cccc(NC(=O)c2ccco2)c1. The van der Waals surface area contributed by atoms with Crippen molar-refractivity contribution in [2.24, 2.45) is 0 Å². The van der Waals surface area contributed by atoms with Gasteiger partial charge in [-0.15, -0.1) is 0 Å². The third-order valence-electron chi connectivity index (χ3n) is 3.80. The van der Waals surface area contributed by atoms with Gasteiger partial charge in [-0.3, -0.25) is 9.59 Å². The number of furan rings is 1. The minimum absolute atomic E-state index is 0.193. The number of nitrogens with one attached hydrogen (secondary N) is 2. The Balaban J connectivity index is 1.60. The number of hydrogen-bond donors (Lipinski definition) is 2. The quantitative estimate of drug-likeness (QED) is 0.682. The second-order valence-corrected chi connectivity index (χ2v) is 5.90. The molecule has 7 heteroatoms. The summed E-state index contributed by atoms with van der Waals surface area (Å²) in [5.74, 6) is -0.0511. The number of ether oxygens (including phenoxy) is 1. The lowest BCUT2D eigenvalue weighted by atomic mass is 10.2. The first kappa shape index (κ1) is 18.7. The molecule has 0 aliphatic rings. The molecule has 0 aliphatic heterocycles. The average Bonchev–Trinajstić information content (AvgIpc) is 3.24. The first-order chi connectivity index (χ1) is 13.5. The maximum Gasteiger partial charge on any atom is 0.291 e. The number of hydrogen-bond acceptors (Lipinski definition) is 5. The highest BCUT2D eigenvalue weighted by Gasteiger charge is 2.15. The fourth-order valence-corrected chi connectivity index (χ4v) is 2.38. The van der Waals surface area contributed by atoms with Gasteiger partial charge in [0.2, 0.25) is 0 Å². The maximum atomic E-state index is 12.4. The topological polar surface area (TPSA) is 104 Å². The van der Waals surface area contributed by atoms with Crippen molar-refractivity contribution in [3.63, 3.8) is 0 Å². The molecule has 0 bridgehead atoms. The second-order valence-electron chi connectivity index (χ2n) is 5.90. The summed E-state index contributed by atoms with van der Waals surface area (Å²) in [5.41, 5.74) is 1.54. The molecule has 2 N–H and O–H groups in total. The summed E-state index contributed by atoms with van der Waals surface area (Å²) in [6.45, 7) is 1.62. The van der Waals surface area contributed by atoms with Crippen LogP contribution in [0.4, 0.5) is 11.4 Å². The van der Waals surface area contributed by atoms with Crippen molar-refractivity contribution in [3.8, 4) is 11.8 Å². The van der Waals surface area contributed by atoms with E-state index in [1.165, 1.54) is 6.26 Å². The van der Waals surface area contributed by atoms with E-state index in [0.29, 0.717) is 22.7 Å². The second kappa shape index (κ2) is 8.56. The van der Waals surface area contributed by atoms with Crippen LogP contribution in [0.25, 0.3) is 0 Å². The van der Waals surface area contributed by atoms with Crippen LogP contribution in [0, 0.1) is 11.3 Å². The Hall–Kier alpha value is -4.05. The van der Waals surface area contributed by atoms with E-state index >= 15 is 0 Å². The van der Waals surface area contributed by atoms with Crippen LogP contribution in [0.5, 0.6) is 5.75 Å². The molecular formula is C21H17N3O4. The number of amides is 2. The van der Waals surface area contributed by atoms with E-state index in [1.54, 1.807) is 67.6 Å². The van der Waals surface area contributed by atoms with E-state index in [1.807, 2.05) is 6.07 Å². The van der Waals surface area contributed by atoms with Crippen LogP contribution in [0.1, 0.15) is 23.0 Å². The van der Waals surface area contributed by atoms with Crippen molar-refractivity contribution in [2.45, 2.75) is 13.0 Å². The lowest BCUT2D eigenvalue weighted by Crippen LogP contribution is -2.30. The van der Waals surface area contributed by atoms with Crippen molar-refractivity contribution >= 4 is 23.2 Å². The lowest BCUT2D eigenvalue weighted by molar-refractivity contribution is -0.122. The van der Waals surface area contributed by atoms with E-state index < -0.39 is 6.10 Å². The Bertz CT molecular complexity index is 1000. The Morgan fingerprint density at radius 2 is 1.75 bits per heavy atom. The molecule has 28 heavy (non-hydrogen) atoms. The Morgan fingerprint density at radius 1 is 1.04 bits per heavy atom. The predicted molar refractivity (Wildman–Crippen MR) is 103 cm³/mol. The average molecular weight is 375 g/mol. The van der Waals surface area contributed by atoms with Gasteiger partial charge in [-0.2, -0.15) is 5.26 Å². The molecule has 7 nitrogen and oxygen atoms in total. The van der Waals surface area contributed by atoms with E-state index in [2.05, 4.69) is 10.6 Å². The van der Waals surface area contributed by atoms with Gasteiger partial charge in [0, 0.05) is 11.4 Å². The zero-order valence-corrected chi connectivity index (χ0v) is 15.0. The highest BCUT2D eigenvalue weighted by molar-refractivity contribution is 6.02. The molecule has 0 aliphatic carbocycles. The molecule has 1 heterocycles. The molecule has 1 atom stereocenters. The number of nitriles is 1. The van der Waals surface area contributed by atoms with Gasteiger partial charge >= 0.3 is 0 Å². The predicted octanol–water partition coefficient (Wildman–Crippen LogP) is 3.81. The van der Waals surface area contributed by atoms with Crippen LogP contribution in [0.15, 0.2) is 71.3 Å². The van der Waals surface area contributed by atoms with Gasteiger partial charge in [-0.05, 0) is 61.5 Å². The molecule has 3 aromatic rings. The summed E-state index contributed by atoms with van der Waals surface area (Å²) in [6, 6.07) is 18.4. The summed E-state index contributed by atoms with van der Waals surface area (Å²) in [6.07, 6.45) is 0.662. The largest absolute Gasteiger partial charge is 0.481 e. The molecule has 140 valence electrons. The van der Waals surface area contributed by atoms with Crippen LogP contribution in [-0.2, 0) is 4.79 Å². The van der Waals surface area contributed by atoms with Gasteiger partial charge < -0.3 is 19.8 Å². The summed E-state index contributed by atoms with van der Waals surface area (Å²) in [4.78, 5) is 24.4. The molecule has 2 aromatic carbocycles. The highest BCUT2D eigenvalue weighted by atomic mass is 16.5. The molecule has 0 unspecified atom stereocenters. The van der Waals surface area contributed by atoms with Crippen molar-refractivity contribution in [1.82, 2.24) is 0 Å². The summed E-state index contributed by atoms with van der Waals surface area (Å²) < 4.78 is 10.6. The van der Waals surface area contributed by atoms with Crippen LogP contribution in [-0.4, -0.2) is 17.9 Å². The first-order valence-electron chi connectivity index (χ1n) is 8.48. The van der Waals surface area contributed by atoms with Gasteiger partial charge in [0.1, 0.15) is 5.75 Å². The number of benzene rings is 2. The molecule has 2 amide bonds. The van der Waals surface area contributed by atoms with E-state index in [0.717, 1.165) is 0 Å². The van der Waals surface area contributed by atoms with Crippen LogP contribution < -0.4 is 15.4 Å². The van der Waals surface area contributed by atoms with Gasteiger partial charge in [0.05, 0.1) is 17.9 Å². The van der Waals surface area contributed by atoms with Crippen molar-refractivity contribution in [1.29, 1.82) is 5.26 Å². The van der Waals surface area contributed by atoms with E-state index in [-0.39, 0.29) is 17.6 Å². The van der Waals surface area contributed by atoms with Crippen LogP contribution in [0.2, 0.25) is 0 Å². The number of nitrogens with zero attached hydrogens (tertiary/aromatic N) is 1. The molecule has 0 radical (unpaired) electrons. The summed E-state index contributed by atoms with van der Waals surface area (Å²) >= 11 is 0. The van der Waals surface area contributed by atoms with Gasteiger partial charge in [0.15, 0.2) is 11.9 Å². The Labute approximate surface area is 161 Å². The molecular weight excluding hydrogens is 358 g/mol. The van der Waals surface area contributed by atoms with Crippen molar-refractivity contribution in [2.75, 3.05) is 10.6 Å². The normalized spacial score (nSPS) is 11.1.